The van der Waals surface area contributed by atoms with Gasteiger partial charge in [-0.2, -0.15) is 4.59 Å². The summed E-state index contributed by atoms with van der Waals surface area (Å²) in [5.74, 6) is 0. The van der Waals surface area contributed by atoms with E-state index in [1.165, 1.54) is 0 Å². The zero-order valence-corrected chi connectivity index (χ0v) is 7.59. The van der Waals surface area contributed by atoms with E-state index >= 15 is 0 Å². The van der Waals surface area contributed by atoms with Gasteiger partial charge in [0.05, 0.1) is 19.0 Å². The molecular weight excluding hydrogens is 162 g/mol. The molecule has 1 aliphatic heterocycles. The van der Waals surface area contributed by atoms with E-state index < -0.39 is 0 Å². The summed E-state index contributed by atoms with van der Waals surface area (Å²) in [6, 6.07) is 5.94. The van der Waals surface area contributed by atoms with Crippen LogP contribution >= 0.6 is 0 Å². The molecular formula is C10H12N3+. The second-order valence-corrected chi connectivity index (χ2v) is 3.30. The van der Waals surface area contributed by atoms with Gasteiger partial charge < -0.3 is 0 Å². The van der Waals surface area contributed by atoms with Gasteiger partial charge >= 0.3 is 0 Å². The van der Waals surface area contributed by atoms with Gasteiger partial charge in [-0.25, -0.2) is 0 Å². The molecule has 0 amide bonds. The predicted molar refractivity (Wildman–Crippen MR) is 51.8 cm³/mol. The summed E-state index contributed by atoms with van der Waals surface area (Å²) >= 11 is 0. The summed E-state index contributed by atoms with van der Waals surface area (Å²) in [5.41, 5.74) is 1.06. The number of allylic oxidation sites excluding steroid dienone is 1. The van der Waals surface area contributed by atoms with Crippen LogP contribution in [0.15, 0.2) is 41.8 Å². The summed E-state index contributed by atoms with van der Waals surface area (Å²) in [6.45, 7) is 0.813. The van der Waals surface area contributed by atoms with Crippen molar-refractivity contribution in [3.63, 3.8) is 0 Å². The predicted octanol–water partition coefficient (Wildman–Crippen LogP) is 1.54. The van der Waals surface area contributed by atoms with E-state index in [0.717, 1.165) is 12.2 Å². The Morgan fingerprint density at radius 1 is 1.38 bits per heavy atom. The minimum absolute atomic E-state index is 0.566. The quantitative estimate of drug-likeness (QED) is 0.624. The number of nitrogens with zero attached hydrogens (tertiary/aromatic N) is 3. The molecule has 66 valence electrons. The fraction of sp³-hybridized carbons (Fsp3) is 0.200. The Balaban J connectivity index is 2.15. The van der Waals surface area contributed by atoms with Gasteiger partial charge in [-0.3, -0.25) is 4.98 Å². The standard InChI is InChI=1S/C10H12N3/c1-13(8-4-7-12-13)9-10-5-2-3-6-11-10/h2-8H,9H2,1H3/q+1. The lowest BCUT2D eigenvalue weighted by atomic mass is 10.3. The molecule has 3 nitrogen and oxygen atoms in total. The first-order chi connectivity index (χ1) is 6.29. The highest BCUT2D eigenvalue weighted by molar-refractivity contribution is 5.71. The Kier molecular flexibility index (Phi) is 1.94. The molecule has 2 rings (SSSR count). The molecule has 1 aliphatic rings. The Bertz CT molecular complexity index is 328. The number of hydrogen-bond acceptors (Lipinski definition) is 2. The van der Waals surface area contributed by atoms with Crippen molar-refractivity contribution in [3.8, 4) is 0 Å². The number of rotatable bonds is 2. The summed E-state index contributed by atoms with van der Waals surface area (Å²) in [7, 11) is 2.05. The van der Waals surface area contributed by atoms with Crippen molar-refractivity contribution in [1.82, 2.24) is 4.98 Å². The number of hydrogen-bond donors (Lipinski definition) is 0. The van der Waals surface area contributed by atoms with Crippen molar-refractivity contribution in [3.05, 3.63) is 42.4 Å². The molecule has 0 saturated heterocycles. The molecule has 0 bridgehead atoms. The van der Waals surface area contributed by atoms with E-state index in [2.05, 4.69) is 23.3 Å². The SMILES string of the molecule is C[N+]1(Cc2ccccn2)C=CC=N1. The van der Waals surface area contributed by atoms with E-state index in [9.17, 15) is 0 Å². The van der Waals surface area contributed by atoms with Crippen LogP contribution in [0.5, 0.6) is 0 Å². The lowest BCUT2D eigenvalue weighted by Gasteiger charge is -2.19. The fourth-order valence-corrected chi connectivity index (χ4v) is 1.37. The van der Waals surface area contributed by atoms with Gasteiger partial charge in [0.2, 0.25) is 0 Å². The topological polar surface area (TPSA) is 25.2 Å². The highest BCUT2D eigenvalue weighted by atomic mass is 15.6. The lowest BCUT2D eigenvalue weighted by Crippen LogP contribution is -2.29. The van der Waals surface area contributed by atoms with E-state index in [1.54, 1.807) is 0 Å². The maximum Gasteiger partial charge on any atom is 0.150 e. The smallest absolute Gasteiger partial charge is 0.150 e. The largest absolute Gasteiger partial charge is 0.255 e. The summed E-state index contributed by atoms with van der Waals surface area (Å²) in [6.07, 6.45) is 7.64. The van der Waals surface area contributed by atoms with Crippen LogP contribution in [0.1, 0.15) is 5.69 Å². The van der Waals surface area contributed by atoms with Gasteiger partial charge in [0.15, 0.2) is 0 Å². The Morgan fingerprint density at radius 3 is 2.92 bits per heavy atom. The normalized spacial score (nSPS) is 25.3. The van der Waals surface area contributed by atoms with Gasteiger partial charge in [0.25, 0.3) is 0 Å². The van der Waals surface area contributed by atoms with Gasteiger partial charge in [-0.15, -0.1) is 0 Å². The first-order valence-corrected chi connectivity index (χ1v) is 4.27. The molecule has 2 heterocycles. The van der Waals surface area contributed by atoms with Gasteiger partial charge in [-0.05, 0) is 12.1 Å². The average Bonchev–Trinajstić information content (AvgIpc) is 2.54. The third kappa shape index (κ3) is 1.81. The van der Waals surface area contributed by atoms with E-state index in [0.29, 0.717) is 4.59 Å². The van der Waals surface area contributed by atoms with Crippen molar-refractivity contribution < 1.29 is 4.59 Å². The van der Waals surface area contributed by atoms with Crippen molar-refractivity contribution in [2.45, 2.75) is 6.54 Å². The lowest BCUT2D eigenvalue weighted by molar-refractivity contribution is -0.877. The summed E-state index contributed by atoms with van der Waals surface area (Å²) in [4.78, 5) is 4.26. The molecule has 0 saturated carbocycles. The number of pyridine rings is 1. The monoisotopic (exact) mass is 174 g/mol. The van der Waals surface area contributed by atoms with Crippen molar-refractivity contribution in [1.29, 1.82) is 0 Å². The fourth-order valence-electron chi connectivity index (χ4n) is 1.37. The van der Waals surface area contributed by atoms with Crippen molar-refractivity contribution >= 4 is 6.21 Å². The van der Waals surface area contributed by atoms with Gasteiger partial charge in [-0.1, -0.05) is 11.2 Å². The molecule has 3 heteroatoms. The Morgan fingerprint density at radius 2 is 2.31 bits per heavy atom. The Hall–Kier alpha value is -1.48. The zero-order valence-electron chi connectivity index (χ0n) is 7.59. The molecule has 0 N–H and O–H groups in total. The maximum absolute atomic E-state index is 4.32. The van der Waals surface area contributed by atoms with Crippen LogP contribution in [0.2, 0.25) is 0 Å². The molecule has 0 fully saturated rings. The zero-order chi connectivity index (χ0) is 9.15. The average molecular weight is 174 g/mol. The first kappa shape index (κ1) is 8.13. The second-order valence-electron chi connectivity index (χ2n) is 3.30. The highest BCUT2D eigenvalue weighted by Crippen LogP contribution is 2.14. The maximum atomic E-state index is 4.32. The van der Waals surface area contributed by atoms with Crippen LogP contribution < -0.4 is 0 Å². The van der Waals surface area contributed by atoms with Crippen molar-refractivity contribution in [2.24, 2.45) is 5.10 Å². The second kappa shape index (κ2) is 3.11. The molecule has 1 aromatic rings. The minimum Gasteiger partial charge on any atom is -0.255 e. The summed E-state index contributed by atoms with van der Waals surface area (Å²) in [5, 5.41) is 4.32. The summed E-state index contributed by atoms with van der Waals surface area (Å²) < 4.78 is 0.566. The van der Waals surface area contributed by atoms with Gasteiger partial charge in [0, 0.05) is 12.3 Å². The van der Waals surface area contributed by atoms with Crippen LogP contribution in [0.25, 0.3) is 0 Å². The molecule has 0 aromatic carbocycles. The molecule has 0 radical (unpaired) electrons. The third-order valence-corrected chi connectivity index (χ3v) is 2.03. The van der Waals surface area contributed by atoms with Gasteiger partial charge in [0.1, 0.15) is 12.7 Å². The third-order valence-electron chi connectivity index (χ3n) is 2.03. The van der Waals surface area contributed by atoms with Crippen LogP contribution in [-0.2, 0) is 6.54 Å². The highest BCUT2D eigenvalue weighted by Gasteiger charge is 2.21. The van der Waals surface area contributed by atoms with E-state index in [1.807, 2.05) is 36.7 Å². The molecule has 1 aromatic heterocycles. The van der Waals surface area contributed by atoms with E-state index in [-0.39, 0.29) is 0 Å². The molecule has 0 aliphatic carbocycles. The van der Waals surface area contributed by atoms with Crippen LogP contribution in [-0.4, -0.2) is 22.8 Å². The molecule has 1 unspecified atom stereocenters. The van der Waals surface area contributed by atoms with Crippen molar-refractivity contribution in [2.75, 3.05) is 7.05 Å². The van der Waals surface area contributed by atoms with E-state index in [4.69, 9.17) is 0 Å². The minimum atomic E-state index is 0.566. The number of aromatic nitrogens is 1. The molecule has 13 heavy (non-hydrogen) atoms. The molecule has 0 spiro atoms. The van der Waals surface area contributed by atoms with Crippen LogP contribution in [0.3, 0.4) is 0 Å². The first-order valence-electron chi connectivity index (χ1n) is 4.27. The van der Waals surface area contributed by atoms with Crippen LogP contribution in [0, 0.1) is 0 Å². The van der Waals surface area contributed by atoms with Crippen LogP contribution in [0.4, 0.5) is 0 Å². The Labute approximate surface area is 77.6 Å². The number of quaternary nitrogens is 1. The molecule has 1 atom stereocenters.